The van der Waals surface area contributed by atoms with E-state index < -0.39 is 0 Å². The number of aliphatic hydroxyl groups excluding tert-OH is 1. The molecule has 0 saturated carbocycles. The van der Waals surface area contributed by atoms with Crippen LogP contribution in [-0.4, -0.2) is 34.5 Å². The third-order valence-corrected chi connectivity index (χ3v) is 2.78. The van der Waals surface area contributed by atoms with Crippen LogP contribution in [0.1, 0.15) is 31.9 Å². The molecule has 1 aromatic rings. The zero-order chi connectivity index (χ0) is 13.2. The molecule has 1 unspecified atom stereocenters. The Morgan fingerprint density at radius 1 is 1.50 bits per heavy atom. The van der Waals surface area contributed by atoms with Gasteiger partial charge in [0, 0.05) is 19.3 Å². The number of amides is 2. The molecule has 6 nitrogen and oxygen atoms in total. The number of nitrogens with zero attached hydrogens (tertiary/aromatic N) is 1. The number of carbonyl (C=O) groups is 1. The number of H-pyrrole nitrogens is 1. The predicted molar refractivity (Wildman–Crippen MR) is 68.9 cm³/mol. The van der Waals surface area contributed by atoms with Crippen molar-refractivity contribution >= 4 is 6.03 Å². The fourth-order valence-electron chi connectivity index (χ4n) is 1.80. The highest BCUT2D eigenvalue weighted by molar-refractivity contribution is 5.73. The summed E-state index contributed by atoms with van der Waals surface area (Å²) in [7, 11) is 0. The van der Waals surface area contributed by atoms with Gasteiger partial charge >= 0.3 is 6.03 Å². The summed E-state index contributed by atoms with van der Waals surface area (Å²) in [6.45, 7) is 3.30. The van der Waals surface area contributed by atoms with Crippen LogP contribution in [0.4, 0.5) is 4.79 Å². The summed E-state index contributed by atoms with van der Waals surface area (Å²) in [5, 5.41) is 21.0. The Balaban J connectivity index is 2.18. The fraction of sp³-hybridized carbons (Fsp3) is 0.667. The molecule has 1 rings (SSSR count). The molecule has 0 aliphatic rings. The van der Waals surface area contributed by atoms with Crippen molar-refractivity contribution in [2.75, 3.05) is 13.2 Å². The van der Waals surface area contributed by atoms with Crippen molar-refractivity contribution in [3.63, 3.8) is 0 Å². The van der Waals surface area contributed by atoms with Crippen molar-refractivity contribution < 1.29 is 9.90 Å². The second-order valence-electron chi connectivity index (χ2n) is 4.31. The van der Waals surface area contributed by atoms with Gasteiger partial charge in [0.15, 0.2) is 0 Å². The molecule has 0 bridgehead atoms. The molecule has 0 aliphatic heterocycles. The smallest absolute Gasteiger partial charge is 0.315 e. The summed E-state index contributed by atoms with van der Waals surface area (Å²) in [5.41, 5.74) is 0.866. The number of aromatic nitrogens is 2. The van der Waals surface area contributed by atoms with E-state index in [4.69, 9.17) is 5.11 Å². The molecule has 0 saturated heterocycles. The Hall–Kier alpha value is -1.56. The maximum Gasteiger partial charge on any atom is 0.315 e. The summed E-state index contributed by atoms with van der Waals surface area (Å²) in [4.78, 5) is 11.5. The van der Waals surface area contributed by atoms with Gasteiger partial charge in [0.2, 0.25) is 0 Å². The molecule has 1 atom stereocenters. The van der Waals surface area contributed by atoms with Gasteiger partial charge in [-0.2, -0.15) is 5.10 Å². The average Bonchev–Trinajstić information content (AvgIpc) is 2.87. The number of aromatic amines is 1. The number of hydrogen-bond donors (Lipinski definition) is 4. The van der Waals surface area contributed by atoms with Gasteiger partial charge in [-0.1, -0.05) is 13.3 Å². The van der Waals surface area contributed by atoms with Crippen LogP contribution in [0, 0.1) is 5.92 Å². The van der Waals surface area contributed by atoms with E-state index >= 15 is 0 Å². The Kier molecular flexibility index (Phi) is 6.86. The quantitative estimate of drug-likeness (QED) is 0.558. The number of nitrogens with one attached hydrogen (secondary N) is 3. The van der Waals surface area contributed by atoms with Crippen LogP contribution in [0.5, 0.6) is 0 Å². The summed E-state index contributed by atoms with van der Waals surface area (Å²) >= 11 is 0. The predicted octanol–water partition coefficient (Wildman–Crippen LogP) is 1.01. The largest absolute Gasteiger partial charge is 0.396 e. The number of hydrogen-bond acceptors (Lipinski definition) is 3. The SMILES string of the molecule is CCCC(CCO)CNC(=O)NCc1ccn[nH]1. The highest BCUT2D eigenvalue weighted by Gasteiger charge is 2.09. The average molecular weight is 254 g/mol. The molecule has 2 amide bonds. The van der Waals surface area contributed by atoms with Crippen LogP contribution in [-0.2, 0) is 6.54 Å². The van der Waals surface area contributed by atoms with Gasteiger partial charge < -0.3 is 15.7 Å². The lowest BCUT2D eigenvalue weighted by Crippen LogP contribution is -2.38. The molecule has 18 heavy (non-hydrogen) atoms. The number of aliphatic hydroxyl groups is 1. The van der Waals surface area contributed by atoms with Crippen LogP contribution < -0.4 is 10.6 Å². The molecule has 6 heteroatoms. The molecule has 0 aromatic carbocycles. The van der Waals surface area contributed by atoms with Crippen LogP contribution in [0.15, 0.2) is 12.3 Å². The summed E-state index contributed by atoms with van der Waals surface area (Å²) in [5.74, 6) is 0.345. The van der Waals surface area contributed by atoms with Crippen LogP contribution >= 0.6 is 0 Å². The highest BCUT2D eigenvalue weighted by Crippen LogP contribution is 2.09. The lowest BCUT2D eigenvalue weighted by Gasteiger charge is -2.15. The molecular formula is C12H22N4O2. The molecular weight excluding hydrogens is 232 g/mol. The van der Waals surface area contributed by atoms with Crippen LogP contribution in [0.25, 0.3) is 0 Å². The van der Waals surface area contributed by atoms with Gasteiger partial charge in [0.25, 0.3) is 0 Å². The fourth-order valence-corrected chi connectivity index (χ4v) is 1.80. The first kappa shape index (κ1) is 14.5. The minimum Gasteiger partial charge on any atom is -0.396 e. The lowest BCUT2D eigenvalue weighted by atomic mass is 10.0. The molecule has 0 spiro atoms. The number of rotatable bonds is 8. The van der Waals surface area contributed by atoms with E-state index in [1.807, 2.05) is 6.07 Å². The number of carbonyl (C=O) groups excluding carboxylic acids is 1. The van der Waals surface area contributed by atoms with Crippen molar-refractivity contribution in [3.05, 3.63) is 18.0 Å². The van der Waals surface area contributed by atoms with Gasteiger partial charge in [0.05, 0.1) is 12.2 Å². The molecule has 102 valence electrons. The van der Waals surface area contributed by atoms with Gasteiger partial charge in [0.1, 0.15) is 0 Å². The van der Waals surface area contributed by atoms with Crippen molar-refractivity contribution in [3.8, 4) is 0 Å². The van der Waals surface area contributed by atoms with Crippen molar-refractivity contribution in [1.29, 1.82) is 0 Å². The molecule has 1 aromatic heterocycles. The summed E-state index contributed by atoms with van der Waals surface area (Å²) in [6.07, 6.45) is 4.45. The second-order valence-corrected chi connectivity index (χ2v) is 4.31. The van der Waals surface area contributed by atoms with E-state index in [2.05, 4.69) is 27.8 Å². The third kappa shape index (κ3) is 5.67. The van der Waals surface area contributed by atoms with E-state index in [0.29, 0.717) is 19.0 Å². The first-order valence-corrected chi connectivity index (χ1v) is 6.37. The van der Waals surface area contributed by atoms with Crippen molar-refractivity contribution in [1.82, 2.24) is 20.8 Å². The van der Waals surface area contributed by atoms with E-state index in [0.717, 1.165) is 25.0 Å². The maximum atomic E-state index is 11.5. The highest BCUT2D eigenvalue weighted by atomic mass is 16.3. The topological polar surface area (TPSA) is 90.0 Å². The van der Waals surface area contributed by atoms with E-state index in [1.165, 1.54) is 0 Å². The Labute approximate surface area is 107 Å². The monoisotopic (exact) mass is 254 g/mol. The molecule has 0 fully saturated rings. The summed E-state index contributed by atoms with van der Waals surface area (Å²) < 4.78 is 0. The van der Waals surface area contributed by atoms with Crippen LogP contribution in [0.2, 0.25) is 0 Å². The zero-order valence-electron chi connectivity index (χ0n) is 10.8. The molecule has 1 heterocycles. The van der Waals surface area contributed by atoms with Crippen LogP contribution in [0.3, 0.4) is 0 Å². The molecule has 4 N–H and O–H groups in total. The standard InChI is InChI=1S/C12H22N4O2/c1-2-3-10(5-7-17)8-13-12(18)14-9-11-4-6-15-16-11/h4,6,10,17H,2-3,5,7-9H2,1H3,(H,15,16)(H2,13,14,18). The van der Waals surface area contributed by atoms with Gasteiger partial charge in [-0.25, -0.2) is 4.79 Å². The van der Waals surface area contributed by atoms with Gasteiger partial charge in [-0.15, -0.1) is 0 Å². The Morgan fingerprint density at radius 3 is 2.94 bits per heavy atom. The van der Waals surface area contributed by atoms with Gasteiger partial charge in [-0.3, -0.25) is 5.10 Å². The second kappa shape index (κ2) is 8.52. The summed E-state index contributed by atoms with van der Waals surface area (Å²) in [6, 6.07) is 1.62. The Morgan fingerprint density at radius 2 is 2.33 bits per heavy atom. The normalized spacial score (nSPS) is 12.1. The first-order valence-electron chi connectivity index (χ1n) is 6.37. The molecule has 0 aliphatic carbocycles. The zero-order valence-corrected chi connectivity index (χ0v) is 10.8. The van der Waals surface area contributed by atoms with E-state index in [1.54, 1.807) is 6.20 Å². The van der Waals surface area contributed by atoms with E-state index in [9.17, 15) is 4.79 Å². The van der Waals surface area contributed by atoms with Crippen molar-refractivity contribution in [2.24, 2.45) is 5.92 Å². The first-order chi connectivity index (χ1) is 8.76. The lowest BCUT2D eigenvalue weighted by molar-refractivity contribution is 0.229. The van der Waals surface area contributed by atoms with E-state index in [-0.39, 0.29) is 12.6 Å². The minimum absolute atomic E-state index is 0.169. The third-order valence-electron chi connectivity index (χ3n) is 2.78. The Bertz CT molecular complexity index is 321. The minimum atomic E-state index is -0.191. The number of urea groups is 1. The van der Waals surface area contributed by atoms with Gasteiger partial charge in [-0.05, 0) is 24.8 Å². The van der Waals surface area contributed by atoms with Crippen molar-refractivity contribution in [2.45, 2.75) is 32.7 Å². The molecule has 0 radical (unpaired) electrons. The maximum absolute atomic E-state index is 11.5.